The summed E-state index contributed by atoms with van der Waals surface area (Å²) in [5.74, 6) is -3.01. The van der Waals surface area contributed by atoms with Crippen molar-refractivity contribution in [2.75, 3.05) is 25.5 Å². The van der Waals surface area contributed by atoms with Crippen LogP contribution in [0.2, 0.25) is 0 Å². The van der Waals surface area contributed by atoms with Gasteiger partial charge in [-0.15, -0.1) is 0 Å². The molecule has 1 heterocycles. The van der Waals surface area contributed by atoms with Crippen LogP contribution in [0.5, 0.6) is 0 Å². The minimum Gasteiger partial charge on any atom is -0.464 e. The van der Waals surface area contributed by atoms with E-state index in [1.165, 1.54) is 0 Å². The Kier molecular flexibility index (Phi) is 7.00. The van der Waals surface area contributed by atoms with Crippen molar-refractivity contribution in [2.45, 2.75) is 45.1 Å². The van der Waals surface area contributed by atoms with Crippen molar-refractivity contribution in [1.82, 2.24) is 4.31 Å². The van der Waals surface area contributed by atoms with E-state index in [2.05, 4.69) is 0 Å². The smallest absolute Gasteiger partial charge is 0.340 e. The second kappa shape index (κ2) is 8.84. The van der Waals surface area contributed by atoms with Crippen LogP contribution in [0, 0.1) is 0 Å². The zero-order chi connectivity index (χ0) is 20.1. The summed E-state index contributed by atoms with van der Waals surface area (Å²) in [6.07, 6.45) is 1.23. The standard InChI is InChI=1S/C19H27NO6S/c1-4-7-13-20-19(17(21)25-5-2,18(22)26-6-3)16(14-27(20,23)24)15-11-9-8-10-12-15/h8-12,16H,4-7,13-14H2,1-3H3. The van der Waals surface area contributed by atoms with Crippen LogP contribution < -0.4 is 0 Å². The monoisotopic (exact) mass is 397 g/mol. The summed E-state index contributed by atoms with van der Waals surface area (Å²) in [5, 5.41) is 0. The number of ether oxygens (including phenoxy) is 2. The molecule has 1 aliphatic rings. The number of esters is 2. The van der Waals surface area contributed by atoms with E-state index in [0.29, 0.717) is 18.4 Å². The number of hydrogen-bond donors (Lipinski definition) is 0. The van der Waals surface area contributed by atoms with Crippen LogP contribution in [0.4, 0.5) is 0 Å². The van der Waals surface area contributed by atoms with Crippen molar-refractivity contribution in [3.63, 3.8) is 0 Å². The van der Waals surface area contributed by atoms with Crippen LogP contribution in [0.25, 0.3) is 0 Å². The molecule has 0 aromatic heterocycles. The molecule has 0 amide bonds. The summed E-state index contributed by atoms with van der Waals surface area (Å²) >= 11 is 0. The van der Waals surface area contributed by atoms with Gasteiger partial charge in [0.2, 0.25) is 15.6 Å². The van der Waals surface area contributed by atoms with Crippen molar-refractivity contribution < 1.29 is 27.5 Å². The predicted molar refractivity (Wildman–Crippen MR) is 101 cm³/mol. The second-order valence-corrected chi connectivity index (χ2v) is 8.31. The number of sulfonamides is 1. The zero-order valence-corrected chi connectivity index (χ0v) is 16.8. The molecule has 1 unspecified atom stereocenters. The Morgan fingerprint density at radius 1 is 1.07 bits per heavy atom. The number of benzene rings is 1. The van der Waals surface area contributed by atoms with E-state index in [1.807, 2.05) is 6.92 Å². The lowest BCUT2D eigenvalue weighted by Gasteiger charge is -2.36. The first-order chi connectivity index (χ1) is 12.9. The predicted octanol–water partition coefficient (Wildman–Crippen LogP) is 2.08. The number of carbonyl (C=O) groups is 2. The molecule has 0 N–H and O–H groups in total. The van der Waals surface area contributed by atoms with Gasteiger partial charge in [-0.3, -0.25) is 0 Å². The van der Waals surface area contributed by atoms with Gasteiger partial charge in [-0.25, -0.2) is 18.0 Å². The summed E-state index contributed by atoms with van der Waals surface area (Å²) in [4.78, 5) is 26.2. The van der Waals surface area contributed by atoms with Crippen molar-refractivity contribution in [1.29, 1.82) is 0 Å². The average molecular weight is 397 g/mol. The van der Waals surface area contributed by atoms with E-state index in [4.69, 9.17) is 9.47 Å². The molecule has 1 saturated heterocycles. The highest BCUT2D eigenvalue weighted by molar-refractivity contribution is 7.89. The zero-order valence-electron chi connectivity index (χ0n) is 16.0. The van der Waals surface area contributed by atoms with Gasteiger partial charge in [-0.1, -0.05) is 43.7 Å². The number of unbranched alkanes of at least 4 members (excludes halogenated alkanes) is 1. The number of hydrogen-bond acceptors (Lipinski definition) is 6. The lowest BCUT2D eigenvalue weighted by atomic mass is 9.80. The summed E-state index contributed by atoms with van der Waals surface area (Å²) in [6.45, 7) is 5.27. The molecule has 1 atom stereocenters. The van der Waals surface area contributed by atoms with Crippen molar-refractivity contribution in [2.24, 2.45) is 0 Å². The summed E-state index contributed by atoms with van der Waals surface area (Å²) in [6, 6.07) is 8.72. The Balaban J connectivity index is 2.72. The van der Waals surface area contributed by atoms with E-state index < -0.39 is 33.4 Å². The molecule has 0 radical (unpaired) electrons. The second-order valence-electron chi connectivity index (χ2n) is 6.37. The molecule has 7 nitrogen and oxygen atoms in total. The van der Waals surface area contributed by atoms with Gasteiger partial charge >= 0.3 is 11.9 Å². The molecule has 150 valence electrons. The molecule has 0 spiro atoms. The van der Waals surface area contributed by atoms with Gasteiger partial charge in [-0.2, -0.15) is 4.31 Å². The fourth-order valence-electron chi connectivity index (χ4n) is 3.51. The molecule has 1 aromatic carbocycles. The largest absolute Gasteiger partial charge is 0.464 e. The van der Waals surface area contributed by atoms with E-state index in [9.17, 15) is 18.0 Å². The fourth-order valence-corrected chi connectivity index (χ4v) is 5.67. The maximum absolute atomic E-state index is 13.1. The van der Waals surface area contributed by atoms with Crippen LogP contribution in [-0.4, -0.2) is 55.7 Å². The minimum atomic E-state index is -3.86. The summed E-state index contributed by atoms with van der Waals surface area (Å²) in [7, 11) is -3.86. The summed E-state index contributed by atoms with van der Waals surface area (Å²) in [5.41, 5.74) is -1.46. The van der Waals surface area contributed by atoms with Gasteiger partial charge in [0, 0.05) is 12.5 Å². The van der Waals surface area contributed by atoms with Crippen molar-refractivity contribution in [3.8, 4) is 0 Å². The molecule has 0 bridgehead atoms. The molecule has 2 rings (SSSR count). The molecule has 1 fully saturated rings. The Morgan fingerprint density at radius 2 is 1.63 bits per heavy atom. The average Bonchev–Trinajstić information content (AvgIpc) is 2.89. The maximum Gasteiger partial charge on any atom is 0.340 e. The van der Waals surface area contributed by atoms with Gasteiger partial charge < -0.3 is 9.47 Å². The quantitative estimate of drug-likeness (QED) is 0.493. The van der Waals surface area contributed by atoms with Crippen LogP contribution in [-0.2, 0) is 29.1 Å². The van der Waals surface area contributed by atoms with E-state index in [0.717, 1.165) is 4.31 Å². The van der Waals surface area contributed by atoms with E-state index in [1.54, 1.807) is 44.2 Å². The summed E-state index contributed by atoms with van der Waals surface area (Å²) < 4.78 is 37.4. The minimum absolute atomic E-state index is 0.0309. The number of carbonyl (C=O) groups excluding carboxylic acids is 2. The number of rotatable bonds is 8. The first kappa shape index (κ1) is 21.4. The maximum atomic E-state index is 13.1. The topological polar surface area (TPSA) is 90.0 Å². The molecule has 1 aromatic rings. The highest BCUT2D eigenvalue weighted by Crippen LogP contribution is 2.45. The van der Waals surface area contributed by atoms with Crippen LogP contribution in [0.1, 0.15) is 45.1 Å². The Bertz CT molecular complexity index is 744. The van der Waals surface area contributed by atoms with Gasteiger partial charge in [0.1, 0.15) is 0 Å². The molecule has 1 aliphatic heterocycles. The third kappa shape index (κ3) is 3.87. The first-order valence-corrected chi connectivity index (χ1v) is 10.9. The molecular formula is C19H27NO6S. The van der Waals surface area contributed by atoms with Gasteiger partial charge in [0.25, 0.3) is 0 Å². The molecule has 27 heavy (non-hydrogen) atoms. The third-order valence-corrected chi connectivity index (χ3v) is 6.60. The van der Waals surface area contributed by atoms with Crippen molar-refractivity contribution in [3.05, 3.63) is 35.9 Å². The lowest BCUT2D eigenvalue weighted by molar-refractivity contribution is -0.171. The highest BCUT2D eigenvalue weighted by Gasteiger charge is 2.68. The molecule has 0 aliphatic carbocycles. The highest BCUT2D eigenvalue weighted by atomic mass is 32.2. The third-order valence-electron chi connectivity index (χ3n) is 4.70. The Labute approximate surface area is 160 Å². The fraction of sp³-hybridized carbons (Fsp3) is 0.579. The van der Waals surface area contributed by atoms with E-state index >= 15 is 0 Å². The Morgan fingerprint density at radius 3 is 2.11 bits per heavy atom. The normalized spacial score (nSPS) is 20.9. The van der Waals surface area contributed by atoms with E-state index in [-0.39, 0.29) is 25.5 Å². The Hall–Kier alpha value is -1.93. The molecule has 8 heteroatoms. The number of nitrogens with zero attached hydrogens (tertiary/aromatic N) is 1. The van der Waals surface area contributed by atoms with Crippen LogP contribution in [0.15, 0.2) is 30.3 Å². The van der Waals surface area contributed by atoms with Gasteiger partial charge in [-0.05, 0) is 25.8 Å². The molecule has 0 saturated carbocycles. The van der Waals surface area contributed by atoms with Gasteiger partial charge in [0.15, 0.2) is 0 Å². The lowest BCUT2D eigenvalue weighted by Crippen LogP contribution is -2.61. The molecular weight excluding hydrogens is 370 g/mol. The van der Waals surface area contributed by atoms with Gasteiger partial charge in [0.05, 0.1) is 19.0 Å². The van der Waals surface area contributed by atoms with Crippen molar-refractivity contribution >= 4 is 22.0 Å². The van der Waals surface area contributed by atoms with Crippen LogP contribution >= 0.6 is 0 Å². The van der Waals surface area contributed by atoms with Crippen LogP contribution in [0.3, 0.4) is 0 Å². The first-order valence-electron chi connectivity index (χ1n) is 9.26. The SMILES string of the molecule is CCCCN1C(C(=O)OCC)(C(=O)OCC)C(c2ccccc2)CS1(=O)=O.